The third-order valence-corrected chi connectivity index (χ3v) is 3.71. The molecule has 0 unspecified atom stereocenters. The van der Waals surface area contributed by atoms with E-state index in [0.717, 1.165) is 5.69 Å². The molecule has 0 amide bonds. The van der Waals surface area contributed by atoms with Gasteiger partial charge in [-0.15, -0.1) is 0 Å². The van der Waals surface area contributed by atoms with E-state index in [1.165, 1.54) is 0 Å². The number of rotatable bonds is 1. The Kier molecular flexibility index (Phi) is 2.98. The van der Waals surface area contributed by atoms with E-state index in [-0.39, 0.29) is 11.6 Å². The van der Waals surface area contributed by atoms with Gasteiger partial charge in [-0.05, 0) is 39.8 Å². The van der Waals surface area contributed by atoms with Gasteiger partial charge < -0.3 is 5.11 Å². The molecule has 3 heteroatoms. The number of hydrogen-bond acceptors (Lipinski definition) is 2. The van der Waals surface area contributed by atoms with Crippen LogP contribution in [0.5, 0.6) is 0 Å². The molecule has 18 heavy (non-hydrogen) atoms. The zero-order chi connectivity index (χ0) is 13.6. The second kappa shape index (κ2) is 4.09. The summed E-state index contributed by atoms with van der Waals surface area (Å²) in [5.74, 6) is 0. The smallest absolute Gasteiger partial charge is 0.243 e. The SMILES string of the molecule is C[C@H]1N(c2ccccc2)C=[N+](C(C)(C)C)[C@@]1(C)O. The van der Waals surface area contributed by atoms with Crippen LogP contribution in [-0.2, 0) is 0 Å². The molecule has 1 N–H and O–H groups in total. The van der Waals surface area contributed by atoms with Gasteiger partial charge in [0.2, 0.25) is 12.1 Å². The molecule has 1 aliphatic rings. The number of benzene rings is 1. The molecule has 0 aliphatic carbocycles. The van der Waals surface area contributed by atoms with E-state index in [2.05, 4.69) is 44.7 Å². The summed E-state index contributed by atoms with van der Waals surface area (Å²) in [5, 5.41) is 10.7. The van der Waals surface area contributed by atoms with Crippen molar-refractivity contribution in [1.82, 2.24) is 0 Å². The fourth-order valence-electron chi connectivity index (χ4n) is 2.55. The highest BCUT2D eigenvalue weighted by molar-refractivity contribution is 5.78. The van der Waals surface area contributed by atoms with E-state index < -0.39 is 5.72 Å². The summed E-state index contributed by atoms with van der Waals surface area (Å²) < 4.78 is 2.03. The first-order chi connectivity index (χ1) is 8.24. The number of para-hydroxylation sites is 1. The first kappa shape index (κ1) is 13.1. The fourth-order valence-corrected chi connectivity index (χ4v) is 2.55. The van der Waals surface area contributed by atoms with Crippen LogP contribution in [0.2, 0.25) is 0 Å². The topological polar surface area (TPSA) is 26.5 Å². The maximum absolute atomic E-state index is 10.7. The minimum Gasteiger partial charge on any atom is -0.350 e. The Morgan fingerprint density at radius 2 is 1.78 bits per heavy atom. The molecule has 1 heterocycles. The van der Waals surface area contributed by atoms with Gasteiger partial charge in [0.25, 0.3) is 0 Å². The van der Waals surface area contributed by atoms with Crippen molar-refractivity contribution in [3.05, 3.63) is 30.3 Å². The number of anilines is 1. The summed E-state index contributed by atoms with van der Waals surface area (Å²) in [5.41, 5.74) is 0.132. The van der Waals surface area contributed by atoms with Crippen LogP contribution in [0.1, 0.15) is 34.6 Å². The van der Waals surface area contributed by atoms with Crippen LogP contribution in [0.25, 0.3) is 0 Å². The Labute approximate surface area is 109 Å². The van der Waals surface area contributed by atoms with Gasteiger partial charge in [-0.1, -0.05) is 18.2 Å². The Balaban J connectivity index is 2.44. The molecule has 0 saturated carbocycles. The lowest BCUT2D eigenvalue weighted by atomic mass is 10.0. The molecule has 0 aromatic heterocycles. The lowest BCUT2D eigenvalue weighted by molar-refractivity contribution is -0.696. The molecule has 1 aromatic rings. The van der Waals surface area contributed by atoms with E-state index in [4.69, 9.17) is 0 Å². The van der Waals surface area contributed by atoms with Crippen molar-refractivity contribution in [3.8, 4) is 0 Å². The average molecular weight is 247 g/mol. The number of hydrogen-bond donors (Lipinski definition) is 1. The zero-order valence-corrected chi connectivity index (χ0v) is 11.9. The molecule has 1 aliphatic heterocycles. The average Bonchev–Trinajstić information content (AvgIpc) is 2.52. The van der Waals surface area contributed by atoms with E-state index in [0.29, 0.717) is 0 Å². The highest BCUT2D eigenvalue weighted by Gasteiger charge is 2.52. The molecule has 2 rings (SSSR count). The van der Waals surface area contributed by atoms with Crippen LogP contribution in [0.3, 0.4) is 0 Å². The first-order valence-corrected chi connectivity index (χ1v) is 6.45. The molecule has 0 radical (unpaired) electrons. The van der Waals surface area contributed by atoms with Crippen molar-refractivity contribution in [3.63, 3.8) is 0 Å². The molecule has 0 fully saturated rings. The molecule has 0 bridgehead atoms. The Bertz CT molecular complexity index is 457. The van der Waals surface area contributed by atoms with Crippen molar-refractivity contribution >= 4 is 12.0 Å². The van der Waals surface area contributed by atoms with Crippen LogP contribution in [0.15, 0.2) is 30.3 Å². The highest BCUT2D eigenvalue weighted by Crippen LogP contribution is 2.31. The molecular weight excluding hydrogens is 224 g/mol. The maximum Gasteiger partial charge on any atom is 0.243 e. The maximum atomic E-state index is 10.7. The fraction of sp³-hybridized carbons (Fsp3) is 0.533. The van der Waals surface area contributed by atoms with Crippen LogP contribution in [0.4, 0.5) is 5.69 Å². The van der Waals surface area contributed by atoms with Gasteiger partial charge in [-0.3, -0.25) is 0 Å². The quantitative estimate of drug-likeness (QED) is 0.772. The van der Waals surface area contributed by atoms with E-state index >= 15 is 0 Å². The molecular formula is C15H23N2O+. The minimum absolute atomic E-state index is 0.0131. The summed E-state index contributed by atoms with van der Waals surface area (Å²) in [6.07, 6.45) is 2.03. The van der Waals surface area contributed by atoms with Gasteiger partial charge in [-0.2, -0.15) is 0 Å². The molecule has 98 valence electrons. The Morgan fingerprint density at radius 3 is 2.22 bits per heavy atom. The van der Waals surface area contributed by atoms with E-state index in [1.807, 2.05) is 36.0 Å². The third-order valence-electron chi connectivity index (χ3n) is 3.71. The molecule has 0 saturated heterocycles. The molecule has 0 spiro atoms. The van der Waals surface area contributed by atoms with E-state index in [1.54, 1.807) is 0 Å². The van der Waals surface area contributed by atoms with Crippen LogP contribution in [0, 0.1) is 0 Å². The van der Waals surface area contributed by atoms with Crippen molar-refractivity contribution in [2.45, 2.75) is 51.9 Å². The van der Waals surface area contributed by atoms with Gasteiger partial charge in [0.1, 0.15) is 11.2 Å². The summed E-state index contributed by atoms with van der Waals surface area (Å²) in [4.78, 5) is 2.13. The minimum atomic E-state index is -0.867. The Hall–Kier alpha value is -1.35. The van der Waals surface area contributed by atoms with Crippen molar-refractivity contribution < 1.29 is 9.68 Å². The van der Waals surface area contributed by atoms with Gasteiger partial charge in [0.15, 0.2) is 6.04 Å². The molecule has 2 atom stereocenters. The lowest BCUT2D eigenvalue weighted by Gasteiger charge is -2.30. The highest BCUT2D eigenvalue weighted by atomic mass is 16.3. The predicted octanol–water partition coefficient (Wildman–Crippen LogP) is 2.44. The standard InChI is InChI=1S/C15H23N2O/c1-12-15(5,18)17(14(2,3)4)11-16(12)13-9-7-6-8-10-13/h6-12,18H,1-5H3/q+1/t12-,15+/m1/s1. The summed E-state index contributed by atoms with van der Waals surface area (Å²) in [6, 6.07) is 10.2. The van der Waals surface area contributed by atoms with Gasteiger partial charge >= 0.3 is 0 Å². The van der Waals surface area contributed by atoms with Crippen molar-refractivity contribution in [2.75, 3.05) is 4.90 Å². The van der Waals surface area contributed by atoms with E-state index in [9.17, 15) is 5.11 Å². The lowest BCUT2D eigenvalue weighted by Crippen LogP contribution is -2.52. The van der Waals surface area contributed by atoms with Crippen LogP contribution >= 0.6 is 0 Å². The van der Waals surface area contributed by atoms with Crippen molar-refractivity contribution in [1.29, 1.82) is 0 Å². The second-order valence-corrected chi connectivity index (χ2v) is 6.17. The number of nitrogens with zero attached hydrogens (tertiary/aromatic N) is 2. The second-order valence-electron chi connectivity index (χ2n) is 6.17. The Morgan fingerprint density at radius 1 is 1.22 bits per heavy atom. The predicted molar refractivity (Wildman–Crippen MR) is 75.1 cm³/mol. The normalized spacial score (nSPS) is 28.4. The molecule has 1 aromatic carbocycles. The largest absolute Gasteiger partial charge is 0.350 e. The third kappa shape index (κ3) is 2.03. The summed E-state index contributed by atoms with van der Waals surface area (Å²) in [7, 11) is 0. The zero-order valence-electron chi connectivity index (χ0n) is 11.9. The van der Waals surface area contributed by atoms with Crippen molar-refractivity contribution in [2.24, 2.45) is 0 Å². The van der Waals surface area contributed by atoms with Gasteiger partial charge in [0, 0.05) is 6.92 Å². The van der Waals surface area contributed by atoms with Crippen LogP contribution in [-0.4, -0.2) is 33.3 Å². The summed E-state index contributed by atoms with van der Waals surface area (Å²) in [6.45, 7) is 10.3. The first-order valence-electron chi connectivity index (χ1n) is 6.45. The van der Waals surface area contributed by atoms with Crippen LogP contribution < -0.4 is 4.90 Å². The van der Waals surface area contributed by atoms with Gasteiger partial charge in [-0.25, -0.2) is 9.48 Å². The monoisotopic (exact) mass is 247 g/mol. The number of aliphatic hydroxyl groups is 1. The summed E-state index contributed by atoms with van der Waals surface area (Å²) >= 11 is 0. The van der Waals surface area contributed by atoms with Gasteiger partial charge in [0.05, 0.1) is 0 Å². The molecule has 3 nitrogen and oxygen atoms in total.